The molecule has 32 heavy (non-hydrogen) atoms. The van der Waals surface area contributed by atoms with Crippen molar-refractivity contribution in [2.24, 2.45) is 11.8 Å². The maximum atomic E-state index is 12.6. The van der Waals surface area contributed by atoms with Crippen LogP contribution in [0.25, 0.3) is 21.2 Å². The Bertz CT molecular complexity index is 1130. The zero-order valence-corrected chi connectivity index (χ0v) is 19.3. The third-order valence-corrected chi connectivity index (χ3v) is 8.40. The summed E-state index contributed by atoms with van der Waals surface area (Å²) in [6.07, 6.45) is 7.32. The first-order valence-electron chi connectivity index (χ1n) is 11.6. The number of fused-ring (bicyclic) bond motifs is 1. The Balaban J connectivity index is 1.48. The first-order chi connectivity index (χ1) is 15.6. The standard InChI is InChI=1S/C27H29NO3S/c1-31-27(30)19-9-7-17(8-10-19)20-11-12-23-21(15-20)16-24(32-23)25(18-5-3-2-4-6-18)22-13-14-28-26(22)29/h7-12,15-16,18,22,25H,2-6,13-14H2,1H3,(H,28,29). The molecule has 3 aromatic rings. The molecule has 1 N–H and O–H groups in total. The molecule has 5 heteroatoms. The van der Waals surface area contributed by atoms with Gasteiger partial charge in [-0.3, -0.25) is 4.79 Å². The average molecular weight is 448 g/mol. The number of hydrogen-bond donors (Lipinski definition) is 1. The Morgan fingerprint density at radius 1 is 1.00 bits per heavy atom. The van der Waals surface area contributed by atoms with E-state index in [1.54, 1.807) is 0 Å². The molecular weight excluding hydrogens is 418 g/mol. The minimum atomic E-state index is -0.320. The molecule has 0 radical (unpaired) electrons. The molecular formula is C27H29NO3S. The van der Waals surface area contributed by atoms with Crippen molar-refractivity contribution >= 4 is 33.3 Å². The van der Waals surface area contributed by atoms with Crippen LogP contribution >= 0.6 is 11.3 Å². The molecule has 1 aromatic heterocycles. The third-order valence-electron chi connectivity index (χ3n) is 7.19. The lowest BCUT2D eigenvalue weighted by atomic mass is 9.73. The molecule has 1 saturated carbocycles. The average Bonchev–Trinajstić information content (AvgIpc) is 3.45. The number of rotatable bonds is 5. The van der Waals surface area contributed by atoms with Crippen molar-refractivity contribution < 1.29 is 14.3 Å². The Kier molecular flexibility index (Phi) is 6.01. The van der Waals surface area contributed by atoms with Crippen LogP contribution in [0, 0.1) is 11.8 Å². The topological polar surface area (TPSA) is 55.4 Å². The summed E-state index contributed by atoms with van der Waals surface area (Å²) in [5, 5.41) is 4.31. The van der Waals surface area contributed by atoms with Crippen molar-refractivity contribution in [2.75, 3.05) is 13.7 Å². The second-order valence-corrected chi connectivity index (χ2v) is 10.2. The van der Waals surface area contributed by atoms with Crippen LogP contribution in [0.2, 0.25) is 0 Å². The highest BCUT2D eigenvalue weighted by Crippen LogP contribution is 2.46. The van der Waals surface area contributed by atoms with Crippen LogP contribution in [0.5, 0.6) is 0 Å². The highest BCUT2D eigenvalue weighted by atomic mass is 32.1. The number of amides is 1. The minimum Gasteiger partial charge on any atom is -0.465 e. The first-order valence-corrected chi connectivity index (χ1v) is 12.5. The number of carbonyl (C=O) groups is 2. The van der Waals surface area contributed by atoms with Crippen molar-refractivity contribution in [3.8, 4) is 11.1 Å². The van der Waals surface area contributed by atoms with Crippen molar-refractivity contribution in [1.29, 1.82) is 0 Å². The van der Waals surface area contributed by atoms with E-state index in [1.807, 2.05) is 35.6 Å². The van der Waals surface area contributed by atoms with Gasteiger partial charge in [0.05, 0.1) is 12.7 Å². The van der Waals surface area contributed by atoms with Gasteiger partial charge in [0.1, 0.15) is 0 Å². The predicted octanol–water partition coefficient (Wildman–Crippen LogP) is 6.15. The molecule has 2 fully saturated rings. The van der Waals surface area contributed by atoms with Gasteiger partial charge in [0.25, 0.3) is 0 Å². The number of carbonyl (C=O) groups excluding carboxylic acids is 2. The summed E-state index contributed by atoms with van der Waals surface area (Å²) in [7, 11) is 1.40. The van der Waals surface area contributed by atoms with Crippen molar-refractivity contribution in [2.45, 2.75) is 44.4 Å². The Morgan fingerprint density at radius 3 is 2.44 bits per heavy atom. The normalized spacial score (nSPS) is 20.3. The van der Waals surface area contributed by atoms with E-state index in [0.29, 0.717) is 17.4 Å². The lowest BCUT2D eigenvalue weighted by Crippen LogP contribution is -2.29. The van der Waals surface area contributed by atoms with Gasteiger partial charge >= 0.3 is 5.97 Å². The third kappa shape index (κ3) is 4.06. The van der Waals surface area contributed by atoms with E-state index in [9.17, 15) is 9.59 Å². The molecule has 166 valence electrons. The van der Waals surface area contributed by atoms with E-state index >= 15 is 0 Å². The summed E-state index contributed by atoms with van der Waals surface area (Å²) in [6.45, 7) is 0.809. The fourth-order valence-electron chi connectivity index (χ4n) is 5.53. The van der Waals surface area contributed by atoms with Crippen LogP contribution in [0.4, 0.5) is 0 Å². The summed E-state index contributed by atoms with van der Waals surface area (Å²) < 4.78 is 6.07. The lowest BCUT2D eigenvalue weighted by molar-refractivity contribution is -0.123. The van der Waals surface area contributed by atoms with Gasteiger partial charge in [0, 0.05) is 28.0 Å². The van der Waals surface area contributed by atoms with Crippen LogP contribution in [0.3, 0.4) is 0 Å². The van der Waals surface area contributed by atoms with Gasteiger partial charge in [-0.2, -0.15) is 0 Å². The number of methoxy groups -OCH3 is 1. The van der Waals surface area contributed by atoms with Gasteiger partial charge in [-0.05, 0) is 72.0 Å². The van der Waals surface area contributed by atoms with Crippen LogP contribution in [0.15, 0.2) is 48.5 Å². The van der Waals surface area contributed by atoms with Gasteiger partial charge in [0.15, 0.2) is 0 Å². The molecule has 1 aliphatic heterocycles. The molecule has 2 heterocycles. The molecule has 1 aliphatic carbocycles. The maximum Gasteiger partial charge on any atom is 0.337 e. The molecule has 1 amide bonds. The molecule has 2 aliphatic rings. The minimum absolute atomic E-state index is 0.108. The fraction of sp³-hybridized carbons (Fsp3) is 0.407. The Hall–Kier alpha value is -2.66. The number of esters is 1. The van der Waals surface area contributed by atoms with Crippen LogP contribution in [-0.2, 0) is 9.53 Å². The molecule has 1 saturated heterocycles. The number of thiophene rings is 1. The van der Waals surface area contributed by atoms with Crippen LogP contribution in [0.1, 0.15) is 59.7 Å². The highest BCUT2D eigenvalue weighted by molar-refractivity contribution is 7.19. The monoisotopic (exact) mass is 447 g/mol. The zero-order valence-electron chi connectivity index (χ0n) is 18.4. The fourth-order valence-corrected chi connectivity index (χ4v) is 6.84. The molecule has 2 atom stereocenters. The number of benzene rings is 2. The zero-order chi connectivity index (χ0) is 22.1. The van der Waals surface area contributed by atoms with E-state index in [1.165, 1.54) is 54.2 Å². The lowest BCUT2D eigenvalue weighted by Gasteiger charge is -2.32. The molecule has 0 spiro atoms. The quantitative estimate of drug-likeness (QED) is 0.477. The van der Waals surface area contributed by atoms with Gasteiger partial charge in [-0.15, -0.1) is 11.3 Å². The summed E-state index contributed by atoms with van der Waals surface area (Å²) in [5.41, 5.74) is 2.76. The summed E-state index contributed by atoms with van der Waals surface area (Å²) >= 11 is 1.86. The van der Waals surface area contributed by atoms with Crippen LogP contribution < -0.4 is 5.32 Å². The number of ether oxygens (including phenoxy) is 1. The van der Waals surface area contributed by atoms with Gasteiger partial charge in [-0.1, -0.05) is 37.5 Å². The SMILES string of the molecule is COC(=O)c1ccc(-c2ccc3sc(C(C4CCCCC4)C4CCNC4=O)cc3c2)cc1. The van der Waals surface area contributed by atoms with Crippen molar-refractivity contribution in [3.63, 3.8) is 0 Å². The molecule has 2 unspecified atom stereocenters. The van der Waals surface area contributed by atoms with Gasteiger partial charge in [0.2, 0.25) is 5.91 Å². The van der Waals surface area contributed by atoms with E-state index in [0.717, 1.165) is 24.1 Å². The van der Waals surface area contributed by atoms with Crippen molar-refractivity contribution in [3.05, 3.63) is 59.0 Å². The van der Waals surface area contributed by atoms with Crippen LogP contribution in [-0.4, -0.2) is 25.5 Å². The molecule has 0 bridgehead atoms. The molecule has 5 rings (SSSR count). The summed E-state index contributed by atoms with van der Waals surface area (Å²) in [6, 6.07) is 16.5. The Labute approximate surface area is 193 Å². The predicted molar refractivity (Wildman–Crippen MR) is 129 cm³/mol. The van der Waals surface area contributed by atoms with Crippen molar-refractivity contribution in [1.82, 2.24) is 5.32 Å². The maximum absolute atomic E-state index is 12.6. The second kappa shape index (κ2) is 9.07. The second-order valence-electron chi connectivity index (χ2n) is 9.08. The van der Waals surface area contributed by atoms with E-state index in [4.69, 9.17) is 4.74 Å². The molecule has 2 aromatic carbocycles. The summed E-state index contributed by atoms with van der Waals surface area (Å²) in [5.74, 6) is 0.967. The number of nitrogens with one attached hydrogen (secondary N) is 1. The first kappa shape index (κ1) is 21.2. The summed E-state index contributed by atoms with van der Waals surface area (Å²) in [4.78, 5) is 25.7. The highest BCUT2D eigenvalue weighted by Gasteiger charge is 2.39. The smallest absolute Gasteiger partial charge is 0.337 e. The largest absolute Gasteiger partial charge is 0.465 e. The molecule has 4 nitrogen and oxygen atoms in total. The van der Waals surface area contributed by atoms with Gasteiger partial charge in [-0.25, -0.2) is 4.79 Å². The van der Waals surface area contributed by atoms with E-state index < -0.39 is 0 Å². The number of hydrogen-bond acceptors (Lipinski definition) is 4. The van der Waals surface area contributed by atoms with E-state index in [-0.39, 0.29) is 17.8 Å². The van der Waals surface area contributed by atoms with E-state index in [2.05, 4.69) is 29.6 Å². The Morgan fingerprint density at radius 2 is 1.75 bits per heavy atom. The van der Waals surface area contributed by atoms with Gasteiger partial charge < -0.3 is 10.1 Å².